The third-order valence-corrected chi connectivity index (χ3v) is 3.53. The van der Waals surface area contributed by atoms with Crippen LogP contribution in [0, 0.1) is 0 Å². The second-order valence-corrected chi connectivity index (χ2v) is 5.79. The summed E-state index contributed by atoms with van der Waals surface area (Å²) in [5.74, 6) is 0. The number of nitrogens with one attached hydrogen (secondary N) is 2. The molecule has 5 nitrogen and oxygen atoms in total. The first-order chi connectivity index (χ1) is 7.42. The molecular formula is C10H19N3O2S. The lowest BCUT2D eigenvalue weighted by atomic mass is 10.4. The zero-order chi connectivity index (χ0) is 12.2. The smallest absolute Gasteiger partial charge is 0.242 e. The van der Waals surface area contributed by atoms with Crippen LogP contribution in [0.5, 0.6) is 0 Å². The molecule has 0 aromatic carbocycles. The first-order valence-corrected chi connectivity index (χ1v) is 6.75. The fourth-order valence-corrected chi connectivity index (χ4v) is 2.35. The third kappa shape index (κ3) is 3.96. The average Bonchev–Trinajstić information content (AvgIpc) is 2.60. The van der Waals surface area contributed by atoms with Crippen molar-refractivity contribution in [2.75, 3.05) is 13.1 Å². The van der Waals surface area contributed by atoms with E-state index in [4.69, 9.17) is 0 Å². The molecule has 0 aliphatic carbocycles. The molecule has 1 heterocycles. The van der Waals surface area contributed by atoms with E-state index in [-0.39, 0.29) is 0 Å². The van der Waals surface area contributed by atoms with Crippen LogP contribution in [-0.4, -0.2) is 32.1 Å². The number of nitrogens with zero attached hydrogens (tertiary/aromatic N) is 1. The molecule has 0 saturated carbocycles. The molecule has 16 heavy (non-hydrogen) atoms. The summed E-state index contributed by atoms with van der Waals surface area (Å²) in [5.41, 5.74) is 0. The van der Waals surface area contributed by atoms with Crippen LogP contribution in [0.25, 0.3) is 0 Å². The van der Waals surface area contributed by atoms with Gasteiger partial charge < -0.3 is 9.88 Å². The molecule has 0 bridgehead atoms. The number of aromatic nitrogens is 1. The van der Waals surface area contributed by atoms with Gasteiger partial charge in [0.15, 0.2) is 0 Å². The molecule has 0 spiro atoms. The van der Waals surface area contributed by atoms with Crippen molar-refractivity contribution in [3.8, 4) is 0 Å². The third-order valence-electron chi connectivity index (χ3n) is 2.08. The van der Waals surface area contributed by atoms with E-state index < -0.39 is 10.0 Å². The normalized spacial score (nSPS) is 12.2. The molecule has 0 saturated heterocycles. The van der Waals surface area contributed by atoms with Gasteiger partial charge in [0.2, 0.25) is 10.0 Å². The molecule has 0 atom stereocenters. The standard InChI is InChI=1S/C10H19N3O2S/c1-9(2)11-5-6-12-16(14,15)10-4-7-13(3)8-10/h4,7-9,11-12H,5-6H2,1-3H3. The minimum absolute atomic E-state index is 0.305. The van der Waals surface area contributed by atoms with E-state index in [1.54, 1.807) is 30.1 Å². The summed E-state index contributed by atoms with van der Waals surface area (Å²) in [4.78, 5) is 0.305. The van der Waals surface area contributed by atoms with Crippen molar-refractivity contribution in [3.63, 3.8) is 0 Å². The highest BCUT2D eigenvalue weighted by Crippen LogP contribution is 2.07. The number of sulfonamides is 1. The van der Waals surface area contributed by atoms with Crippen molar-refractivity contribution in [3.05, 3.63) is 18.5 Å². The predicted octanol–water partition coefficient (Wildman–Crippen LogP) is 0.301. The minimum atomic E-state index is -3.35. The van der Waals surface area contributed by atoms with E-state index in [2.05, 4.69) is 10.0 Å². The number of hydrogen-bond donors (Lipinski definition) is 2. The van der Waals surface area contributed by atoms with Crippen LogP contribution in [0.2, 0.25) is 0 Å². The van der Waals surface area contributed by atoms with E-state index in [0.717, 1.165) is 0 Å². The fourth-order valence-electron chi connectivity index (χ4n) is 1.27. The molecule has 6 heteroatoms. The minimum Gasteiger partial charge on any atom is -0.356 e. The molecule has 1 rings (SSSR count). The van der Waals surface area contributed by atoms with Crippen molar-refractivity contribution in [1.82, 2.24) is 14.6 Å². The highest BCUT2D eigenvalue weighted by molar-refractivity contribution is 7.89. The van der Waals surface area contributed by atoms with Gasteiger partial charge in [0.25, 0.3) is 0 Å². The van der Waals surface area contributed by atoms with Gasteiger partial charge in [-0.05, 0) is 6.07 Å². The Balaban J connectivity index is 2.47. The molecule has 0 fully saturated rings. The summed E-state index contributed by atoms with van der Waals surface area (Å²) in [6.45, 7) is 5.07. The van der Waals surface area contributed by atoms with Gasteiger partial charge in [-0.3, -0.25) is 0 Å². The molecule has 1 aromatic heterocycles. The van der Waals surface area contributed by atoms with Gasteiger partial charge in [-0.1, -0.05) is 13.8 Å². The summed E-state index contributed by atoms with van der Waals surface area (Å²) in [5, 5.41) is 3.14. The fraction of sp³-hybridized carbons (Fsp3) is 0.600. The summed E-state index contributed by atoms with van der Waals surface area (Å²) in [6.07, 6.45) is 3.29. The van der Waals surface area contributed by atoms with Crippen LogP contribution in [0.15, 0.2) is 23.4 Å². The highest BCUT2D eigenvalue weighted by Gasteiger charge is 2.13. The summed E-state index contributed by atoms with van der Waals surface area (Å²) < 4.78 is 27.7. The van der Waals surface area contributed by atoms with E-state index in [1.807, 2.05) is 13.8 Å². The maximum atomic E-state index is 11.7. The van der Waals surface area contributed by atoms with E-state index in [9.17, 15) is 8.42 Å². The van der Waals surface area contributed by atoms with E-state index >= 15 is 0 Å². The molecule has 0 aliphatic rings. The number of rotatable bonds is 6. The predicted molar refractivity (Wildman–Crippen MR) is 63.7 cm³/mol. The van der Waals surface area contributed by atoms with Crippen molar-refractivity contribution < 1.29 is 8.42 Å². The zero-order valence-corrected chi connectivity index (χ0v) is 10.7. The molecule has 92 valence electrons. The van der Waals surface area contributed by atoms with Crippen LogP contribution in [0.3, 0.4) is 0 Å². The molecular weight excluding hydrogens is 226 g/mol. The van der Waals surface area contributed by atoms with Gasteiger partial charge in [-0.2, -0.15) is 0 Å². The van der Waals surface area contributed by atoms with Crippen molar-refractivity contribution in [2.45, 2.75) is 24.8 Å². The van der Waals surface area contributed by atoms with Crippen LogP contribution in [0.1, 0.15) is 13.8 Å². The van der Waals surface area contributed by atoms with Crippen molar-refractivity contribution in [1.29, 1.82) is 0 Å². The van der Waals surface area contributed by atoms with Crippen molar-refractivity contribution >= 4 is 10.0 Å². The maximum Gasteiger partial charge on any atom is 0.242 e. The van der Waals surface area contributed by atoms with Gasteiger partial charge in [-0.15, -0.1) is 0 Å². The molecule has 2 N–H and O–H groups in total. The Morgan fingerprint density at radius 2 is 2.06 bits per heavy atom. The zero-order valence-electron chi connectivity index (χ0n) is 9.90. The first kappa shape index (κ1) is 13.2. The van der Waals surface area contributed by atoms with Crippen LogP contribution in [0.4, 0.5) is 0 Å². The Labute approximate surface area is 96.9 Å². The number of hydrogen-bond acceptors (Lipinski definition) is 3. The Kier molecular flexibility index (Phi) is 4.52. The lowest BCUT2D eigenvalue weighted by Gasteiger charge is -2.08. The second kappa shape index (κ2) is 5.47. The monoisotopic (exact) mass is 245 g/mol. The molecule has 1 aromatic rings. The van der Waals surface area contributed by atoms with Crippen LogP contribution >= 0.6 is 0 Å². The maximum absolute atomic E-state index is 11.7. The molecule has 0 radical (unpaired) electrons. The molecule has 0 amide bonds. The highest BCUT2D eigenvalue weighted by atomic mass is 32.2. The average molecular weight is 245 g/mol. The van der Waals surface area contributed by atoms with Crippen molar-refractivity contribution in [2.24, 2.45) is 7.05 Å². The Hall–Kier alpha value is -0.850. The summed E-state index contributed by atoms with van der Waals surface area (Å²) in [6, 6.07) is 1.94. The quantitative estimate of drug-likeness (QED) is 0.709. The van der Waals surface area contributed by atoms with Gasteiger partial charge in [0, 0.05) is 38.6 Å². The lowest BCUT2D eigenvalue weighted by Crippen LogP contribution is -2.34. The Morgan fingerprint density at radius 1 is 1.38 bits per heavy atom. The van der Waals surface area contributed by atoms with Gasteiger partial charge >= 0.3 is 0 Å². The SMILES string of the molecule is CC(C)NCCNS(=O)(=O)c1ccn(C)c1. The first-order valence-electron chi connectivity index (χ1n) is 5.27. The Morgan fingerprint density at radius 3 is 2.56 bits per heavy atom. The summed E-state index contributed by atoms with van der Waals surface area (Å²) in [7, 11) is -1.56. The van der Waals surface area contributed by atoms with Crippen LogP contribution in [-0.2, 0) is 17.1 Å². The Bertz CT molecular complexity index is 423. The van der Waals surface area contributed by atoms with Gasteiger partial charge in [0.05, 0.1) is 4.90 Å². The number of aryl methyl sites for hydroxylation is 1. The van der Waals surface area contributed by atoms with Gasteiger partial charge in [0.1, 0.15) is 0 Å². The molecule has 0 aliphatic heterocycles. The van der Waals surface area contributed by atoms with Gasteiger partial charge in [-0.25, -0.2) is 13.1 Å². The summed E-state index contributed by atoms with van der Waals surface area (Å²) >= 11 is 0. The van der Waals surface area contributed by atoms with E-state index in [0.29, 0.717) is 24.0 Å². The topological polar surface area (TPSA) is 63.1 Å². The largest absolute Gasteiger partial charge is 0.356 e. The lowest BCUT2D eigenvalue weighted by molar-refractivity contribution is 0.559. The van der Waals surface area contributed by atoms with Crippen LogP contribution < -0.4 is 10.0 Å². The second-order valence-electron chi connectivity index (χ2n) is 4.02. The van der Waals surface area contributed by atoms with E-state index in [1.165, 1.54) is 0 Å². The molecule has 0 unspecified atom stereocenters.